The van der Waals surface area contributed by atoms with Gasteiger partial charge < -0.3 is 30.1 Å². The predicted molar refractivity (Wildman–Crippen MR) is 129 cm³/mol. The van der Waals surface area contributed by atoms with Crippen LogP contribution in [0, 0.1) is 5.82 Å². The average molecular weight is 504 g/mol. The molecular weight excluding hydrogens is 469 g/mol. The third-order valence-corrected chi connectivity index (χ3v) is 7.29. The van der Waals surface area contributed by atoms with Crippen LogP contribution >= 0.6 is 0 Å². The van der Waals surface area contributed by atoms with Crippen molar-refractivity contribution in [3.8, 4) is 5.75 Å². The zero-order chi connectivity index (χ0) is 26.0. The minimum Gasteiger partial charge on any atom is -0.491 e. The molecule has 0 spiro atoms. The van der Waals surface area contributed by atoms with Crippen molar-refractivity contribution in [1.29, 1.82) is 0 Å². The van der Waals surface area contributed by atoms with Gasteiger partial charge in [0.25, 0.3) is 5.91 Å². The molecule has 1 aromatic rings. The lowest BCUT2D eigenvalue weighted by atomic mass is 10.1. The molecule has 0 unspecified atom stereocenters. The Labute approximate surface area is 210 Å². The van der Waals surface area contributed by atoms with Crippen LogP contribution in [0.15, 0.2) is 18.2 Å². The predicted octanol–water partition coefficient (Wildman–Crippen LogP) is 0.448. The molecule has 36 heavy (non-hydrogen) atoms. The number of carbonyl (C=O) groups is 4. The number of carbonyl (C=O) groups excluding carboxylic acids is 4. The van der Waals surface area contributed by atoms with Gasteiger partial charge in [0.1, 0.15) is 24.2 Å². The van der Waals surface area contributed by atoms with Crippen molar-refractivity contribution in [2.45, 2.75) is 50.2 Å². The summed E-state index contributed by atoms with van der Waals surface area (Å²) >= 11 is 0. The number of nitrogens with two attached hydrogens (primary N) is 1. The molecule has 3 heterocycles. The van der Waals surface area contributed by atoms with Gasteiger partial charge in [0.2, 0.25) is 17.7 Å². The summed E-state index contributed by atoms with van der Waals surface area (Å²) in [5, 5.41) is 0. The van der Waals surface area contributed by atoms with Crippen molar-refractivity contribution in [2.24, 2.45) is 5.73 Å². The second kappa shape index (κ2) is 10.8. The van der Waals surface area contributed by atoms with Crippen LogP contribution in [-0.4, -0.2) is 108 Å². The number of likely N-dealkylation sites (tertiary alicyclic amines) is 1. The van der Waals surface area contributed by atoms with E-state index in [1.54, 1.807) is 16.8 Å². The molecule has 3 atom stereocenters. The first kappa shape index (κ1) is 25.9. The van der Waals surface area contributed by atoms with Crippen LogP contribution in [0.3, 0.4) is 0 Å². The van der Waals surface area contributed by atoms with E-state index < -0.39 is 17.8 Å². The number of amides is 4. The second-order valence-corrected chi connectivity index (χ2v) is 9.90. The Morgan fingerprint density at radius 2 is 1.83 bits per heavy atom. The molecule has 0 radical (unpaired) electrons. The number of halogens is 1. The summed E-state index contributed by atoms with van der Waals surface area (Å²) < 4.78 is 20.2. The summed E-state index contributed by atoms with van der Waals surface area (Å²) in [6.45, 7) is 1.45. The van der Waals surface area contributed by atoms with Gasteiger partial charge in [-0.1, -0.05) is 0 Å². The van der Waals surface area contributed by atoms with Gasteiger partial charge in [0, 0.05) is 46.2 Å². The van der Waals surface area contributed by atoms with E-state index >= 15 is 0 Å². The van der Waals surface area contributed by atoms with Gasteiger partial charge in [-0.2, -0.15) is 0 Å². The number of hydrogen-bond acceptors (Lipinski definition) is 6. The summed E-state index contributed by atoms with van der Waals surface area (Å²) in [6.07, 6.45) is 2.31. The first-order valence-corrected chi connectivity index (χ1v) is 12.4. The summed E-state index contributed by atoms with van der Waals surface area (Å²) in [6, 6.07) is 2.17. The van der Waals surface area contributed by atoms with E-state index in [1.807, 2.05) is 0 Å². The maximum Gasteiger partial charge on any atom is 0.258 e. The van der Waals surface area contributed by atoms with Crippen molar-refractivity contribution in [2.75, 3.05) is 46.9 Å². The maximum absolute atomic E-state index is 14.2. The van der Waals surface area contributed by atoms with Gasteiger partial charge in [-0.3, -0.25) is 19.2 Å². The lowest BCUT2D eigenvalue weighted by Crippen LogP contribution is -2.49. The summed E-state index contributed by atoms with van der Waals surface area (Å²) in [4.78, 5) is 58.8. The molecule has 4 amide bonds. The molecule has 2 N–H and O–H groups in total. The third kappa shape index (κ3) is 5.45. The molecule has 0 bridgehead atoms. The number of ether oxygens (including phenoxy) is 1. The van der Waals surface area contributed by atoms with Crippen molar-refractivity contribution in [1.82, 2.24) is 19.6 Å². The van der Waals surface area contributed by atoms with E-state index in [2.05, 4.69) is 0 Å². The Morgan fingerprint density at radius 1 is 1.11 bits per heavy atom. The molecule has 2 saturated heterocycles. The van der Waals surface area contributed by atoms with Crippen LogP contribution in [-0.2, 0) is 14.4 Å². The van der Waals surface area contributed by atoms with Crippen molar-refractivity contribution in [3.63, 3.8) is 0 Å². The van der Waals surface area contributed by atoms with E-state index in [0.29, 0.717) is 26.1 Å². The Kier molecular flexibility index (Phi) is 7.77. The zero-order valence-electron chi connectivity index (χ0n) is 20.8. The van der Waals surface area contributed by atoms with Crippen LogP contribution in [0.4, 0.5) is 4.39 Å². The van der Waals surface area contributed by atoms with Gasteiger partial charge in [-0.25, -0.2) is 4.39 Å². The topological polar surface area (TPSA) is 116 Å². The van der Waals surface area contributed by atoms with Crippen molar-refractivity contribution >= 4 is 23.6 Å². The number of fused-ring (bicyclic) bond motifs is 2. The molecule has 2 fully saturated rings. The Balaban J connectivity index is 1.68. The lowest BCUT2D eigenvalue weighted by molar-refractivity contribution is -0.141. The second-order valence-electron chi connectivity index (χ2n) is 9.90. The van der Waals surface area contributed by atoms with Crippen LogP contribution in [0.2, 0.25) is 0 Å². The van der Waals surface area contributed by atoms with Crippen molar-refractivity contribution in [3.05, 3.63) is 29.6 Å². The Bertz CT molecular complexity index is 1030. The highest BCUT2D eigenvalue weighted by atomic mass is 19.1. The monoisotopic (exact) mass is 503 g/mol. The average Bonchev–Trinajstić information content (AvgIpc) is 3.51. The van der Waals surface area contributed by atoms with Gasteiger partial charge in [-0.15, -0.1) is 0 Å². The molecule has 0 saturated carbocycles. The number of likely N-dealkylation sites (N-methyl/N-ethyl adjacent to an activating group) is 2. The standard InChI is InChI=1S/C25H34FN5O5/c1-28-14-23(33)31-13-17(27)12-18(31)15-36-21-7-5-16(26)11-19(21)24(34)29(2)20(6-8-22(28)32)25(35)30-9-3-4-10-30/h5,7,11,17-18,20H,3-4,6,8-10,12-15,27H2,1-2H3/t17-,18-,20-/m0/s1. The van der Waals surface area contributed by atoms with E-state index in [4.69, 9.17) is 10.5 Å². The zero-order valence-corrected chi connectivity index (χ0v) is 20.8. The molecule has 3 aliphatic rings. The minimum absolute atomic E-state index is 0.0183. The molecule has 10 nitrogen and oxygen atoms in total. The van der Waals surface area contributed by atoms with Gasteiger partial charge >= 0.3 is 0 Å². The minimum atomic E-state index is -0.911. The number of hydrogen-bond donors (Lipinski definition) is 1. The van der Waals surface area contributed by atoms with E-state index in [1.165, 1.54) is 29.0 Å². The summed E-state index contributed by atoms with van der Waals surface area (Å²) in [7, 11) is 3.04. The number of nitrogens with zero attached hydrogens (tertiary/aromatic N) is 4. The molecule has 1 aromatic carbocycles. The first-order chi connectivity index (χ1) is 17.2. The molecule has 196 valence electrons. The fourth-order valence-corrected chi connectivity index (χ4v) is 5.19. The molecule has 11 heteroatoms. The molecular formula is C25H34FN5O5. The highest BCUT2D eigenvalue weighted by Crippen LogP contribution is 2.26. The summed E-state index contributed by atoms with van der Waals surface area (Å²) in [5.41, 5.74) is 6.09. The Hall–Kier alpha value is -3.21. The lowest BCUT2D eigenvalue weighted by Gasteiger charge is -2.31. The normalized spacial score (nSPS) is 26.3. The molecule has 3 aliphatic heterocycles. The summed E-state index contributed by atoms with van der Waals surface area (Å²) in [5.74, 6) is -1.82. The fourth-order valence-electron chi connectivity index (χ4n) is 5.19. The highest BCUT2D eigenvalue weighted by Gasteiger charge is 2.37. The van der Waals surface area contributed by atoms with Crippen LogP contribution in [0.5, 0.6) is 5.75 Å². The molecule has 0 aliphatic carbocycles. The SMILES string of the molecule is CN1CC(=O)N2C[C@@H](N)C[C@H]2COc2ccc(F)cc2C(=O)N(C)[C@H](C(=O)N2CCCC2)CCC1=O. The maximum atomic E-state index is 14.2. The van der Waals surface area contributed by atoms with Crippen molar-refractivity contribution < 1.29 is 28.3 Å². The largest absolute Gasteiger partial charge is 0.491 e. The van der Waals surface area contributed by atoms with E-state index in [-0.39, 0.29) is 67.1 Å². The highest BCUT2D eigenvalue weighted by molar-refractivity contribution is 5.99. The quantitative estimate of drug-likeness (QED) is 0.595. The molecule has 4 rings (SSSR count). The van der Waals surface area contributed by atoms with Crippen LogP contribution < -0.4 is 10.5 Å². The fraction of sp³-hybridized carbons (Fsp3) is 0.600. The first-order valence-electron chi connectivity index (χ1n) is 12.4. The van der Waals surface area contributed by atoms with Gasteiger partial charge in [0.05, 0.1) is 18.2 Å². The Morgan fingerprint density at radius 3 is 2.56 bits per heavy atom. The van der Waals surface area contributed by atoms with E-state index in [0.717, 1.165) is 18.9 Å². The van der Waals surface area contributed by atoms with Gasteiger partial charge in [0.15, 0.2) is 0 Å². The van der Waals surface area contributed by atoms with E-state index in [9.17, 15) is 23.6 Å². The van der Waals surface area contributed by atoms with Crippen LogP contribution in [0.1, 0.15) is 42.5 Å². The molecule has 0 aromatic heterocycles. The van der Waals surface area contributed by atoms with Gasteiger partial charge in [-0.05, 0) is 43.9 Å². The number of rotatable bonds is 1. The van der Waals surface area contributed by atoms with Crippen LogP contribution in [0.25, 0.3) is 0 Å². The third-order valence-electron chi connectivity index (χ3n) is 7.29. The smallest absolute Gasteiger partial charge is 0.258 e. The number of benzene rings is 1.